The maximum atomic E-state index is 13.8. The highest BCUT2D eigenvalue weighted by Crippen LogP contribution is 2.25. The van der Waals surface area contributed by atoms with Crippen molar-refractivity contribution in [3.63, 3.8) is 0 Å². The molecule has 100 valence electrons. The van der Waals surface area contributed by atoms with Crippen LogP contribution in [0.5, 0.6) is 0 Å². The van der Waals surface area contributed by atoms with Gasteiger partial charge < -0.3 is 11.1 Å². The van der Waals surface area contributed by atoms with E-state index in [0.29, 0.717) is 17.1 Å². The molecule has 0 saturated carbocycles. The highest BCUT2D eigenvalue weighted by atomic mass is 35.5. The molecule has 0 saturated heterocycles. The second kappa shape index (κ2) is 6.66. The van der Waals surface area contributed by atoms with Gasteiger partial charge in [-0.3, -0.25) is 0 Å². The Hall–Kier alpha value is -1.42. The monoisotopic (exact) mass is 278 g/mol. The minimum atomic E-state index is -0.330. The van der Waals surface area contributed by atoms with Crippen molar-refractivity contribution in [2.45, 2.75) is 12.6 Å². The quantitative estimate of drug-likeness (QED) is 0.881. The van der Waals surface area contributed by atoms with Crippen LogP contribution in [0.25, 0.3) is 0 Å². The Bertz CT molecular complexity index is 511. The molecule has 0 radical (unpaired) electrons. The second-order valence-electron chi connectivity index (χ2n) is 4.29. The first kappa shape index (κ1) is 14.0. The number of benzene rings is 2. The molecule has 2 rings (SSSR count). The minimum Gasteiger partial charge on any atom is -0.329 e. The third-order valence-electron chi connectivity index (χ3n) is 2.98. The van der Waals surface area contributed by atoms with Gasteiger partial charge in [0.1, 0.15) is 5.82 Å². The van der Waals surface area contributed by atoms with Crippen molar-refractivity contribution in [3.05, 3.63) is 70.5 Å². The molecule has 2 aromatic carbocycles. The van der Waals surface area contributed by atoms with Crippen LogP contribution in [-0.2, 0) is 6.54 Å². The SMILES string of the molecule is NCC(NCc1ccccc1)c1c(F)cccc1Cl. The molecule has 0 heterocycles. The van der Waals surface area contributed by atoms with E-state index in [0.717, 1.165) is 5.56 Å². The van der Waals surface area contributed by atoms with Gasteiger partial charge in [-0.25, -0.2) is 4.39 Å². The first-order valence-corrected chi connectivity index (χ1v) is 6.51. The molecule has 0 aliphatic rings. The van der Waals surface area contributed by atoms with Crippen LogP contribution >= 0.6 is 11.6 Å². The number of hydrogen-bond donors (Lipinski definition) is 2. The molecule has 0 bridgehead atoms. The molecular weight excluding hydrogens is 263 g/mol. The molecule has 19 heavy (non-hydrogen) atoms. The zero-order chi connectivity index (χ0) is 13.7. The molecule has 4 heteroatoms. The number of rotatable bonds is 5. The van der Waals surface area contributed by atoms with Crippen LogP contribution in [0.4, 0.5) is 4.39 Å². The van der Waals surface area contributed by atoms with Crippen LogP contribution in [0.3, 0.4) is 0 Å². The molecule has 0 aliphatic carbocycles. The van der Waals surface area contributed by atoms with E-state index >= 15 is 0 Å². The lowest BCUT2D eigenvalue weighted by molar-refractivity contribution is 0.506. The summed E-state index contributed by atoms with van der Waals surface area (Å²) in [7, 11) is 0. The second-order valence-corrected chi connectivity index (χ2v) is 4.70. The van der Waals surface area contributed by atoms with Gasteiger partial charge in [0.05, 0.1) is 0 Å². The molecule has 0 aliphatic heterocycles. The van der Waals surface area contributed by atoms with E-state index in [1.807, 2.05) is 30.3 Å². The maximum Gasteiger partial charge on any atom is 0.129 e. The van der Waals surface area contributed by atoms with Crippen molar-refractivity contribution in [1.82, 2.24) is 5.32 Å². The Morgan fingerprint density at radius 1 is 1.11 bits per heavy atom. The summed E-state index contributed by atoms with van der Waals surface area (Å²) in [5.74, 6) is -0.330. The number of nitrogens with one attached hydrogen (secondary N) is 1. The van der Waals surface area contributed by atoms with Gasteiger partial charge in [0.15, 0.2) is 0 Å². The van der Waals surface area contributed by atoms with E-state index in [4.69, 9.17) is 17.3 Å². The van der Waals surface area contributed by atoms with Crippen molar-refractivity contribution >= 4 is 11.6 Å². The minimum absolute atomic E-state index is 0.285. The zero-order valence-electron chi connectivity index (χ0n) is 10.4. The number of hydrogen-bond acceptors (Lipinski definition) is 2. The van der Waals surface area contributed by atoms with Gasteiger partial charge in [-0.15, -0.1) is 0 Å². The summed E-state index contributed by atoms with van der Waals surface area (Å²) in [5, 5.41) is 3.63. The lowest BCUT2D eigenvalue weighted by Crippen LogP contribution is -2.29. The summed E-state index contributed by atoms with van der Waals surface area (Å²) >= 11 is 6.05. The predicted octanol–water partition coefficient (Wildman–Crippen LogP) is 3.27. The Balaban J connectivity index is 2.12. The van der Waals surface area contributed by atoms with Crippen LogP contribution in [0.1, 0.15) is 17.2 Å². The third kappa shape index (κ3) is 3.53. The topological polar surface area (TPSA) is 38.0 Å². The van der Waals surface area contributed by atoms with Crippen LogP contribution in [0.15, 0.2) is 48.5 Å². The third-order valence-corrected chi connectivity index (χ3v) is 3.31. The summed E-state index contributed by atoms with van der Waals surface area (Å²) in [4.78, 5) is 0. The Morgan fingerprint density at radius 3 is 2.47 bits per heavy atom. The first-order valence-electron chi connectivity index (χ1n) is 6.13. The number of nitrogens with two attached hydrogens (primary N) is 1. The average molecular weight is 279 g/mol. The molecule has 0 fully saturated rings. The van der Waals surface area contributed by atoms with E-state index in [-0.39, 0.29) is 18.4 Å². The van der Waals surface area contributed by atoms with Gasteiger partial charge in [-0.2, -0.15) is 0 Å². The fourth-order valence-corrected chi connectivity index (χ4v) is 2.28. The standard InChI is InChI=1S/C15H16ClFN2/c16-12-7-4-8-13(17)15(12)14(9-18)19-10-11-5-2-1-3-6-11/h1-8,14,19H,9-10,18H2. The van der Waals surface area contributed by atoms with Crippen LogP contribution in [0.2, 0.25) is 5.02 Å². The lowest BCUT2D eigenvalue weighted by Gasteiger charge is -2.19. The van der Waals surface area contributed by atoms with Gasteiger partial charge in [-0.1, -0.05) is 48.0 Å². The molecule has 1 atom stereocenters. The highest BCUT2D eigenvalue weighted by molar-refractivity contribution is 6.31. The summed E-state index contributed by atoms with van der Waals surface area (Å²) < 4.78 is 13.8. The van der Waals surface area contributed by atoms with Crippen molar-refractivity contribution in [2.24, 2.45) is 5.73 Å². The van der Waals surface area contributed by atoms with Crippen molar-refractivity contribution < 1.29 is 4.39 Å². The molecule has 3 N–H and O–H groups in total. The molecule has 2 nitrogen and oxygen atoms in total. The van der Waals surface area contributed by atoms with Crippen molar-refractivity contribution in [1.29, 1.82) is 0 Å². The van der Waals surface area contributed by atoms with Gasteiger partial charge in [0, 0.05) is 29.7 Å². The summed E-state index contributed by atoms with van der Waals surface area (Å²) in [5.41, 5.74) is 7.27. The Kier molecular flexibility index (Phi) is 4.91. The van der Waals surface area contributed by atoms with Gasteiger partial charge >= 0.3 is 0 Å². The smallest absolute Gasteiger partial charge is 0.129 e. The molecule has 1 unspecified atom stereocenters. The van der Waals surface area contributed by atoms with E-state index < -0.39 is 0 Å². The number of halogens is 2. The molecule has 0 spiro atoms. The van der Waals surface area contributed by atoms with Gasteiger partial charge in [0.25, 0.3) is 0 Å². The van der Waals surface area contributed by atoms with Crippen molar-refractivity contribution in [2.75, 3.05) is 6.54 Å². The molecule has 2 aromatic rings. The van der Waals surface area contributed by atoms with Crippen LogP contribution in [-0.4, -0.2) is 6.54 Å². The van der Waals surface area contributed by atoms with E-state index in [1.165, 1.54) is 6.07 Å². The lowest BCUT2D eigenvalue weighted by atomic mass is 10.1. The average Bonchev–Trinajstić information content (AvgIpc) is 2.43. The summed E-state index contributed by atoms with van der Waals surface area (Å²) in [6, 6.07) is 14.3. The van der Waals surface area contributed by atoms with Crippen LogP contribution < -0.4 is 11.1 Å². The van der Waals surface area contributed by atoms with Crippen molar-refractivity contribution in [3.8, 4) is 0 Å². The fourth-order valence-electron chi connectivity index (χ4n) is 1.98. The highest BCUT2D eigenvalue weighted by Gasteiger charge is 2.17. The Labute approximate surface area is 117 Å². The Morgan fingerprint density at radius 2 is 1.84 bits per heavy atom. The fraction of sp³-hybridized carbons (Fsp3) is 0.200. The predicted molar refractivity (Wildman–Crippen MR) is 76.5 cm³/mol. The summed E-state index contributed by atoms with van der Waals surface area (Å²) in [6.45, 7) is 0.904. The summed E-state index contributed by atoms with van der Waals surface area (Å²) in [6.07, 6.45) is 0. The maximum absolute atomic E-state index is 13.8. The molecule has 0 aromatic heterocycles. The molecular formula is C15H16ClFN2. The normalized spacial score (nSPS) is 12.4. The largest absolute Gasteiger partial charge is 0.329 e. The van der Waals surface area contributed by atoms with E-state index in [1.54, 1.807) is 12.1 Å². The first-order chi connectivity index (χ1) is 9.22. The van der Waals surface area contributed by atoms with Gasteiger partial charge in [0.2, 0.25) is 0 Å². The zero-order valence-corrected chi connectivity index (χ0v) is 11.2. The van der Waals surface area contributed by atoms with Gasteiger partial charge in [-0.05, 0) is 17.7 Å². The van der Waals surface area contributed by atoms with E-state index in [2.05, 4.69) is 5.32 Å². The van der Waals surface area contributed by atoms with E-state index in [9.17, 15) is 4.39 Å². The van der Waals surface area contributed by atoms with Crippen LogP contribution in [0, 0.1) is 5.82 Å². The molecule has 0 amide bonds.